The van der Waals surface area contributed by atoms with E-state index in [0.717, 1.165) is 18.7 Å². The molecule has 31 heavy (non-hydrogen) atoms. The lowest BCUT2D eigenvalue weighted by Crippen LogP contribution is -3.12. The van der Waals surface area contributed by atoms with E-state index in [2.05, 4.69) is 18.8 Å². The lowest BCUT2D eigenvalue weighted by atomic mass is 9.95. The first-order valence-corrected chi connectivity index (χ1v) is 10.6. The monoisotopic (exact) mass is 423 g/mol. The number of hydrogen-bond acceptors (Lipinski definition) is 5. The minimum Gasteiger partial charge on any atom is -0.872 e. The highest BCUT2D eigenvalue weighted by Crippen LogP contribution is 2.38. The molecule has 1 unspecified atom stereocenters. The van der Waals surface area contributed by atoms with Gasteiger partial charge in [-0.2, -0.15) is 0 Å². The number of methoxy groups -OCH3 is 1. The van der Waals surface area contributed by atoms with Gasteiger partial charge in [-0.1, -0.05) is 11.8 Å². The van der Waals surface area contributed by atoms with E-state index in [1.54, 1.807) is 49.8 Å². The van der Waals surface area contributed by atoms with Crippen LogP contribution in [0, 0.1) is 6.92 Å². The normalized spacial score (nSPS) is 18.1. The number of quaternary nitrogens is 1. The fourth-order valence-corrected chi connectivity index (χ4v) is 4.05. The Balaban J connectivity index is 2.08. The molecule has 164 valence electrons. The quantitative estimate of drug-likeness (QED) is 0.381. The number of aromatic nitrogens is 1. The summed E-state index contributed by atoms with van der Waals surface area (Å²) in [7, 11) is 1.56. The predicted molar refractivity (Wildman–Crippen MR) is 115 cm³/mol. The zero-order chi connectivity index (χ0) is 22.5. The molecule has 0 saturated carbocycles. The molecule has 3 rings (SSSR count). The van der Waals surface area contributed by atoms with Crippen LogP contribution in [0.1, 0.15) is 36.6 Å². The number of hydrogen-bond donors (Lipinski definition) is 1. The van der Waals surface area contributed by atoms with Crippen molar-refractivity contribution in [2.24, 2.45) is 0 Å². The van der Waals surface area contributed by atoms with Crippen LogP contribution < -0.4 is 14.7 Å². The number of likely N-dealkylation sites (tertiary alicyclic amines) is 1. The van der Waals surface area contributed by atoms with Crippen LogP contribution in [0.2, 0.25) is 0 Å². The van der Waals surface area contributed by atoms with Crippen molar-refractivity contribution >= 4 is 17.4 Å². The van der Waals surface area contributed by atoms with Crippen LogP contribution in [0.3, 0.4) is 0 Å². The van der Waals surface area contributed by atoms with Crippen molar-refractivity contribution in [2.45, 2.75) is 26.8 Å². The molecule has 0 radical (unpaired) electrons. The molecule has 1 aromatic carbocycles. The molecule has 1 aliphatic rings. The number of benzene rings is 1. The van der Waals surface area contributed by atoms with Crippen LogP contribution in [0.15, 0.2) is 48.3 Å². The van der Waals surface area contributed by atoms with E-state index in [0.29, 0.717) is 30.0 Å². The fourth-order valence-electron chi connectivity index (χ4n) is 4.05. The second kappa shape index (κ2) is 9.75. The number of rotatable bonds is 8. The van der Waals surface area contributed by atoms with Gasteiger partial charge in [0.1, 0.15) is 5.75 Å². The molecule has 1 fully saturated rings. The number of nitrogens with zero attached hydrogens (tertiary/aromatic N) is 2. The summed E-state index contributed by atoms with van der Waals surface area (Å²) in [6, 6.07) is 7.81. The van der Waals surface area contributed by atoms with Gasteiger partial charge in [-0.25, -0.2) is 0 Å². The molecule has 1 N–H and O–H groups in total. The largest absolute Gasteiger partial charge is 0.872 e. The van der Waals surface area contributed by atoms with Crippen molar-refractivity contribution in [3.05, 3.63) is 65.0 Å². The average molecular weight is 424 g/mol. The fraction of sp³-hybridized carbons (Fsp3) is 0.375. The first kappa shape index (κ1) is 22.5. The maximum absolute atomic E-state index is 13.4. The Bertz CT molecular complexity index is 984. The van der Waals surface area contributed by atoms with E-state index in [4.69, 9.17) is 4.74 Å². The third-order valence-electron chi connectivity index (χ3n) is 5.91. The second-order valence-electron chi connectivity index (χ2n) is 7.65. The molecule has 7 heteroatoms. The molecule has 1 atom stereocenters. The maximum atomic E-state index is 13.4. The predicted octanol–water partition coefficient (Wildman–Crippen LogP) is 0.547. The van der Waals surface area contributed by atoms with Gasteiger partial charge in [0.25, 0.3) is 5.91 Å². The highest BCUT2D eigenvalue weighted by atomic mass is 16.5. The Morgan fingerprint density at radius 3 is 2.42 bits per heavy atom. The zero-order valence-corrected chi connectivity index (χ0v) is 18.5. The molecule has 0 spiro atoms. The number of carbonyl (C=O) groups excluding carboxylic acids is 2. The van der Waals surface area contributed by atoms with Gasteiger partial charge in [-0.15, -0.1) is 0 Å². The van der Waals surface area contributed by atoms with Gasteiger partial charge in [0.05, 0.1) is 39.3 Å². The molecule has 0 aliphatic carbocycles. The van der Waals surface area contributed by atoms with Crippen LogP contribution in [-0.2, 0) is 9.59 Å². The van der Waals surface area contributed by atoms with Gasteiger partial charge in [0, 0.05) is 18.0 Å². The Kier molecular flexibility index (Phi) is 7.07. The molecule has 1 amide bonds. The van der Waals surface area contributed by atoms with Gasteiger partial charge >= 0.3 is 0 Å². The van der Waals surface area contributed by atoms with E-state index in [-0.39, 0.29) is 5.57 Å². The van der Waals surface area contributed by atoms with Crippen LogP contribution in [0.25, 0.3) is 5.76 Å². The van der Waals surface area contributed by atoms with Crippen LogP contribution >= 0.6 is 0 Å². The van der Waals surface area contributed by atoms with Gasteiger partial charge < -0.3 is 19.6 Å². The number of likely N-dealkylation sites (N-methyl/N-ethyl adjacent to an activating group) is 1. The lowest BCUT2D eigenvalue weighted by Gasteiger charge is -2.28. The number of ketones is 1. The molecule has 1 aromatic heterocycles. The highest BCUT2D eigenvalue weighted by molar-refractivity contribution is 6.46. The summed E-state index contributed by atoms with van der Waals surface area (Å²) in [6.07, 6.45) is 3.21. The van der Waals surface area contributed by atoms with E-state index in [1.165, 1.54) is 9.80 Å². The SMILES string of the molecule is CC[NH+](CC)CCN1C(=O)C(=O)/C(=C(/[O-])c2ccc(OC)c(C)c2)C1c1ccncc1. The number of pyridine rings is 1. The van der Waals surface area contributed by atoms with E-state index in [9.17, 15) is 14.7 Å². The summed E-state index contributed by atoms with van der Waals surface area (Å²) < 4.78 is 5.27. The smallest absolute Gasteiger partial charge is 0.295 e. The third kappa shape index (κ3) is 4.46. The van der Waals surface area contributed by atoms with Crippen LogP contribution in [-0.4, -0.2) is 54.9 Å². The van der Waals surface area contributed by atoms with Crippen molar-refractivity contribution in [3.63, 3.8) is 0 Å². The maximum Gasteiger partial charge on any atom is 0.295 e. The lowest BCUT2D eigenvalue weighted by molar-refractivity contribution is -0.895. The minimum atomic E-state index is -0.727. The summed E-state index contributed by atoms with van der Waals surface area (Å²) in [5.74, 6) is -1.12. The standard InChI is InChI=1S/C24H29N3O4/c1-5-26(6-2)13-14-27-21(17-9-11-25-12-10-17)20(23(29)24(27)30)22(28)18-7-8-19(31-4)16(3)15-18/h7-12,15,21,28H,5-6,13-14H2,1-4H3/b22-20+. The molecular weight excluding hydrogens is 394 g/mol. The van der Waals surface area contributed by atoms with E-state index >= 15 is 0 Å². The zero-order valence-electron chi connectivity index (χ0n) is 18.5. The summed E-state index contributed by atoms with van der Waals surface area (Å²) in [4.78, 5) is 32.9. The van der Waals surface area contributed by atoms with Gasteiger partial charge in [0.2, 0.25) is 5.78 Å². The summed E-state index contributed by atoms with van der Waals surface area (Å²) in [5, 5.41) is 13.4. The van der Waals surface area contributed by atoms with Gasteiger partial charge in [0.15, 0.2) is 0 Å². The van der Waals surface area contributed by atoms with Crippen molar-refractivity contribution in [3.8, 4) is 5.75 Å². The molecule has 0 bridgehead atoms. The van der Waals surface area contributed by atoms with Crippen LogP contribution in [0.4, 0.5) is 0 Å². The van der Waals surface area contributed by atoms with E-state index < -0.39 is 23.5 Å². The van der Waals surface area contributed by atoms with Crippen molar-refractivity contribution < 1.29 is 24.3 Å². The van der Waals surface area contributed by atoms with Crippen molar-refractivity contribution in [1.82, 2.24) is 9.88 Å². The van der Waals surface area contributed by atoms with Gasteiger partial charge in [-0.3, -0.25) is 14.6 Å². The number of aryl methyl sites for hydroxylation is 1. The Morgan fingerprint density at radius 2 is 1.84 bits per heavy atom. The third-order valence-corrected chi connectivity index (χ3v) is 5.91. The Morgan fingerprint density at radius 1 is 1.16 bits per heavy atom. The molecule has 1 aliphatic heterocycles. The van der Waals surface area contributed by atoms with Crippen LogP contribution in [0.5, 0.6) is 5.75 Å². The molecular formula is C24H29N3O4. The number of nitrogens with one attached hydrogen (secondary N) is 1. The number of Topliss-reactive ketones (excluding diaryl/α,β-unsaturated/α-hetero) is 1. The Labute approximate surface area is 183 Å². The van der Waals surface area contributed by atoms with Gasteiger partial charge in [-0.05, 0) is 61.7 Å². The summed E-state index contributed by atoms with van der Waals surface area (Å²) >= 11 is 0. The summed E-state index contributed by atoms with van der Waals surface area (Å²) in [5.41, 5.74) is 1.85. The molecule has 7 nitrogen and oxygen atoms in total. The number of amides is 1. The second-order valence-corrected chi connectivity index (χ2v) is 7.65. The molecule has 1 saturated heterocycles. The summed E-state index contributed by atoms with van der Waals surface area (Å²) in [6.45, 7) is 8.96. The number of ether oxygens (including phenoxy) is 1. The number of carbonyl (C=O) groups is 2. The van der Waals surface area contributed by atoms with Crippen molar-refractivity contribution in [2.75, 3.05) is 33.3 Å². The first-order valence-electron chi connectivity index (χ1n) is 10.6. The average Bonchev–Trinajstić information content (AvgIpc) is 3.04. The Hall–Kier alpha value is -3.19. The van der Waals surface area contributed by atoms with E-state index in [1.807, 2.05) is 6.92 Å². The first-order chi connectivity index (χ1) is 14.9. The highest BCUT2D eigenvalue weighted by Gasteiger charge is 2.44. The molecule has 2 heterocycles. The molecule has 2 aromatic rings. The van der Waals surface area contributed by atoms with Crippen molar-refractivity contribution in [1.29, 1.82) is 0 Å². The topological polar surface area (TPSA) is 87.0 Å². The minimum absolute atomic E-state index is 0.00434.